The second kappa shape index (κ2) is 11.2. The standard InChI is InChI=1S/C30H27F9O4S/c1-26(2,3)42-22-14-16-24-20(17-22)11-15-23(18-7-5-4-6-8-18)25(24)19-9-12-21(13-10-19)43-44(40,41)30(38,39)28(33,34)27(31,32)29(35,36)37/h4-10,12-14,16-17,23,25H,11,15H2,1-3H3/t23-,25+/m1/s1. The number of hydrogen-bond acceptors (Lipinski definition) is 4. The molecule has 0 aliphatic heterocycles. The topological polar surface area (TPSA) is 52.6 Å². The first-order valence-electron chi connectivity index (χ1n) is 13.2. The lowest BCUT2D eigenvalue weighted by atomic mass is 9.69. The second-order valence-electron chi connectivity index (χ2n) is 11.4. The number of ether oxygens (including phenoxy) is 1. The van der Waals surface area contributed by atoms with E-state index in [1.807, 2.05) is 63.2 Å². The lowest BCUT2D eigenvalue weighted by molar-refractivity contribution is -0.382. The van der Waals surface area contributed by atoms with Crippen molar-refractivity contribution in [2.24, 2.45) is 0 Å². The molecule has 0 fully saturated rings. The number of fused-ring (bicyclic) bond motifs is 1. The third-order valence-corrected chi connectivity index (χ3v) is 8.40. The molecule has 0 amide bonds. The Kier molecular flexibility index (Phi) is 8.51. The third kappa shape index (κ3) is 6.09. The maximum absolute atomic E-state index is 14.1. The minimum absolute atomic E-state index is 0.110. The quantitative estimate of drug-likeness (QED) is 0.180. The normalized spacial score (nSPS) is 18.5. The molecule has 44 heavy (non-hydrogen) atoms. The molecule has 1 aliphatic rings. The molecule has 2 atom stereocenters. The predicted octanol–water partition coefficient (Wildman–Crippen LogP) is 8.86. The highest BCUT2D eigenvalue weighted by atomic mass is 32.2. The molecule has 0 heterocycles. The zero-order chi connectivity index (χ0) is 32.9. The molecule has 4 nitrogen and oxygen atoms in total. The molecule has 0 bridgehead atoms. The monoisotopic (exact) mass is 654 g/mol. The summed E-state index contributed by atoms with van der Waals surface area (Å²) in [7, 11) is -7.05. The van der Waals surface area contributed by atoms with Crippen LogP contribution in [0.4, 0.5) is 39.5 Å². The van der Waals surface area contributed by atoms with Crippen LogP contribution >= 0.6 is 0 Å². The lowest BCUT2D eigenvalue weighted by Gasteiger charge is -2.35. The summed E-state index contributed by atoms with van der Waals surface area (Å²) in [5, 5.41) is -6.95. The van der Waals surface area contributed by atoms with Crippen molar-refractivity contribution < 1.29 is 56.9 Å². The lowest BCUT2D eigenvalue weighted by Crippen LogP contribution is -2.63. The van der Waals surface area contributed by atoms with Gasteiger partial charge in [0, 0.05) is 5.92 Å². The zero-order valence-corrected chi connectivity index (χ0v) is 24.3. The van der Waals surface area contributed by atoms with Crippen molar-refractivity contribution in [3.05, 3.63) is 95.1 Å². The Morgan fingerprint density at radius 1 is 0.705 bits per heavy atom. The first kappa shape index (κ1) is 33.5. The van der Waals surface area contributed by atoms with Crippen LogP contribution in [-0.2, 0) is 16.5 Å². The molecule has 0 aromatic heterocycles. The van der Waals surface area contributed by atoms with Crippen molar-refractivity contribution in [3.63, 3.8) is 0 Å². The van der Waals surface area contributed by atoms with Crippen molar-refractivity contribution in [2.75, 3.05) is 0 Å². The molecule has 0 saturated heterocycles. The third-order valence-electron chi connectivity index (χ3n) is 7.10. The van der Waals surface area contributed by atoms with Crippen LogP contribution in [0, 0.1) is 0 Å². The Bertz CT molecular complexity index is 1580. The predicted molar refractivity (Wildman–Crippen MR) is 143 cm³/mol. The number of rotatable bonds is 8. The van der Waals surface area contributed by atoms with E-state index in [1.165, 1.54) is 12.1 Å². The smallest absolute Gasteiger partial charge is 0.460 e. The van der Waals surface area contributed by atoms with Crippen molar-refractivity contribution in [2.45, 2.75) is 74.3 Å². The summed E-state index contributed by atoms with van der Waals surface area (Å²) < 4.78 is 154. The van der Waals surface area contributed by atoms with Gasteiger partial charge in [0.05, 0.1) is 0 Å². The summed E-state index contributed by atoms with van der Waals surface area (Å²) in [6.07, 6.45) is -5.83. The van der Waals surface area contributed by atoms with Crippen molar-refractivity contribution in [1.29, 1.82) is 0 Å². The van der Waals surface area contributed by atoms with Gasteiger partial charge in [0.1, 0.15) is 17.1 Å². The molecule has 1 aliphatic carbocycles. The Labute approximate surface area is 247 Å². The van der Waals surface area contributed by atoms with Gasteiger partial charge in [-0.25, -0.2) is 0 Å². The maximum atomic E-state index is 14.1. The summed E-state index contributed by atoms with van der Waals surface area (Å²) in [5.74, 6) is -15.6. The first-order chi connectivity index (χ1) is 20.1. The Balaban J connectivity index is 1.69. The van der Waals surface area contributed by atoms with E-state index in [0.29, 0.717) is 24.2 Å². The average Bonchev–Trinajstić information content (AvgIpc) is 2.91. The van der Waals surface area contributed by atoms with Crippen molar-refractivity contribution in [3.8, 4) is 11.5 Å². The van der Waals surface area contributed by atoms with Crippen LogP contribution in [0.1, 0.15) is 61.3 Å². The molecular formula is C30H27F9O4S. The Morgan fingerprint density at radius 2 is 1.27 bits per heavy atom. The van der Waals surface area contributed by atoms with Gasteiger partial charge in [-0.1, -0.05) is 48.5 Å². The summed E-state index contributed by atoms with van der Waals surface area (Å²) in [6, 6.07) is 19.1. The van der Waals surface area contributed by atoms with Crippen LogP contribution in [-0.4, -0.2) is 37.3 Å². The fourth-order valence-corrected chi connectivity index (χ4v) is 6.02. The number of aryl methyl sites for hydroxylation is 1. The first-order valence-corrected chi connectivity index (χ1v) is 14.6. The van der Waals surface area contributed by atoms with E-state index in [2.05, 4.69) is 4.18 Å². The number of benzene rings is 3. The average molecular weight is 655 g/mol. The molecule has 0 unspecified atom stereocenters. The van der Waals surface area contributed by atoms with Crippen LogP contribution in [0.3, 0.4) is 0 Å². The molecule has 0 N–H and O–H groups in total. The highest BCUT2D eigenvalue weighted by Gasteiger charge is 2.86. The fraction of sp³-hybridized carbons (Fsp3) is 0.400. The van der Waals surface area contributed by atoms with Gasteiger partial charge in [0.15, 0.2) is 0 Å². The molecule has 0 spiro atoms. The summed E-state index contributed by atoms with van der Waals surface area (Å²) in [5.41, 5.74) is 2.88. The van der Waals surface area contributed by atoms with E-state index in [1.54, 1.807) is 6.07 Å². The van der Waals surface area contributed by atoms with Gasteiger partial charge in [-0.15, -0.1) is 0 Å². The van der Waals surface area contributed by atoms with Crippen LogP contribution in [0.25, 0.3) is 0 Å². The molecular weight excluding hydrogens is 627 g/mol. The van der Waals surface area contributed by atoms with Crippen LogP contribution < -0.4 is 8.92 Å². The molecule has 0 radical (unpaired) electrons. The van der Waals surface area contributed by atoms with E-state index in [0.717, 1.165) is 28.8 Å². The van der Waals surface area contributed by atoms with Gasteiger partial charge in [-0.3, -0.25) is 0 Å². The van der Waals surface area contributed by atoms with E-state index < -0.39 is 44.7 Å². The highest BCUT2D eigenvalue weighted by Crippen LogP contribution is 2.55. The van der Waals surface area contributed by atoms with Crippen LogP contribution in [0.2, 0.25) is 0 Å². The highest BCUT2D eigenvalue weighted by molar-refractivity contribution is 7.88. The molecule has 3 aromatic rings. The maximum Gasteiger partial charge on any atom is 0.460 e. The van der Waals surface area contributed by atoms with Crippen molar-refractivity contribution in [1.82, 2.24) is 0 Å². The second-order valence-corrected chi connectivity index (χ2v) is 13.0. The fourth-order valence-electron chi connectivity index (χ4n) is 5.11. The van der Waals surface area contributed by atoms with Gasteiger partial charge in [-0.05, 0) is 86.1 Å². The molecule has 0 saturated carbocycles. The minimum Gasteiger partial charge on any atom is -0.488 e. The SMILES string of the molecule is CC(C)(C)Oc1ccc2c(c1)CC[C@H](c1ccccc1)[C@@H]2c1ccc(OS(=O)(=O)C(F)(F)C(F)(F)C(F)(F)C(F)(F)F)cc1. The molecule has 3 aromatic carbocycles. The van der Waals surface area contributed by atoms with E-state index >= 15 is 0 Å². The molecule has 14 heteroatoms. The van der Waals surface area contributed by atoms with E-state index in [-0.39, 0.29) is 11.8 Å². The van der Waals surface area contributed by atoms with E-state index in [9.17, 15) is 47.9 Å². The summed E-state index contributed by atoms with van der Waals surface area (Å²) in [6.45, 7) is 5.68. The van der Waals surface area contributed by atoms with Gasteiger partial charge >= 0.3 is 33.4 Å². The van der Waals surface area contributed by atoms with Gasteiger partial charge in [0.2, 0.25) is 0 Å². The number of halogens is 9. The van der Waals surface area contributed by atoms with Gasteiger partial charge < -0.3 is 8.92 Å². The summed E-state index contributed by atoms with van der Waals surface area (Å²) in [4.78, 5) is 0. The number of hydrogen-bond donors (Lipinski definition) is 0. The molecule has 240 valence electrons. The minimum atomic E-state index is -7.39. The Hall–Kier alpha value is -3.42. The van der Waals surface area contributed by atoms with Crippen molar-refractivity contribution >= 4 is 10.1 Å². The van der Waals surface area contributed by atoms with Gasteiger partial charge in [-0.2, -0.15) is 47.9 Å². The number of alkyl halides is 9. The van der Waals surface area contributed by atoms with E-state index in [4.69, 9.17) is 4.74 Å². The molecule has 4 rings (SSSR count). The van der Waals surface area contributed by atoms with Crippen LogP contribution in [0.5, 0.6) is 11.5 Å². The van der Waals surface area contributed by atoms with Crippen LogP contribution in [0.15, 0.2) is 72.8 Å². The van der Waals surface area contributed by atoms with Gasteiger partial charge in [0.25, 0.3) is 0 Å². The largest absolute Gasteiger partial charge is 0.488 e. The Morgan fingerprint density at radius 3 is 1.82 bits per heavy atom. The zero-order valence-electron chi connectivity index (χ0n) is 23.4. The summed E-state index contributed by atoms with van der Waals surface area (Å²) >= 11 is 0.